The van der Waals surface area contributed by atoms with Gasteiger partial charge < -0.3 is 20.1 Å². The minimum absolute atomic E-state index is 0.157. The fourth-order valence-corrected chi connectivity index (χ4v) is 5.63. The van der Waals surface area contributed by atoms with Gasteiger partial charge in [-0.1, -0.05) is 25.4 Å². The van der Waals surface area contributed by atoms with E-state index in [2.05, 4.69) is 15.1 Å². The highest BCUT2D eigenvalue weighted by molar-refractivity contribution is 7.12. The number of fused-ring (bicyclic) bond motifs is 1. The van der Waals surface area contributed by atoms with E-state index in [4.69, 9.17) is 28.0 Å². The third-order valence-corrected chi connectivity index (χ3v) is 7.59. The molecule has 4 heterocycles. The number of benzene rings is 1. The van der Waals surface area contributed by atoms with Gasteiger partial charge in [-0.25, -0.2) is 15.6 Å². The summed E-state index contributed by atoms with van der Waals surface area (Å²) < 4.78 is 7.10. The van der Waals surface area contributed by atoms with Crippen LogP contribution < -0.4 is 22.3 Å². The Labute approximate surface area is 233 Å². The molecule has 0 fully saturated rings. The van der Waals surface area contributed by atoms with Gasteiger partial charge in [-0.2, -0.15) is 5.10 Å². The van der Waals surface area contributed by atoms with E-state index in [0.717, 1.165) is 17.0 Å². The minimum atomic E-state index is -0.331. The number of aromatic nitrogens is 3. The number of pyridine rings is 1. The van der Waals surface area contributed by atoms with Gasteiger partial charge in [0.2, 0.25) is 0 Å². The molecule has 5 N–H and O–H groups in total. The van der Waals surface area contributed by atoms with Crippen LogP contribution in [0.15, 0.2) is 57.9 Å². The van der Waals surface area contributed by atoms with Gasteiger partial charge in [0, 0.05) is 33.3 Å². The van der Waals surface area contributed by atoms with Crippen LogP contribution in [0.5, 0.6) is 0 Å². The molecule has 0 saturated carbocycles. The maximum atomic E-state index is 13.4. The summed E-state index contributed by atoms with van der Waals surface area (Å²) in [6.45, 7) is 4.36. The van der Waals surface area contributed by atoms with Crippen LogP contribution in [0.4, 0.5) is 5.69 Å². The molecule has 0 spiro atoms. The molecule has 10 nitrogen and oxygen atoms in total. The lowest BCUT2D eigenvalue weighted by Crippen LogP contribution is -2.30. The third kappa shape index (κ3) is 5.47. The Morgan fingerprint density at radius 3 is 2.92 bits per heavy atom. The number of halogens is 1. The lowest BCUT2D eigenvalue weighted by molar-refractivity contribution is 0.0465. The SMILES string of the molecule is CC(C)COC(=O)c1cc(-c2cnc(C3CCc4cc(-c5cc(Cl)ccc5N(N)/C=N\N)cc(=O)n43)[nH]2)cs1. The van der Waals surface area contributed by atoms with Gasteiger partial charge in [-0.15, -0.1) is 11.3 Å². The fourth-order valence-electron chi connectivity index (χ4n) is 4.66. The van der Waals surface area contributed by atoms with E-state index < -0.39 is 0 Å². The number of carbonyl (C=O) groups excluding carboxylic acids is 1. The number of anilines is 1. The average Bonchev–Trinajstić information content (AvgIpc) is 3.66. The highest BCUT2D eigenvalue weighted by Gasteiger charge is 2.28. The predicted molar refractivity (Wildman–Crippen MR) is 154 cm³/mol. The zero-order valence-corrected chi connectivity index (χ0v) is 23.0. The molecule has 12 heteroatoms. The van der Waals surface area contributed by atoms with E-state index in [0.29, 0.717) is 52.0 Å². The van der Waals surface area contributed by atoms with Gasteiger partial charge in [0.1, 0.15) is 17.0 Å². The first-order valence-electron chi connectivity index (χ1n) is 12.4. The Morgan fingerprint density at radius 2 is 2.15 bits per heavy atom. The molecule has 1 atom stereocenters. The highest BCUT2D eigenvalue weighted by Crippen LogP contribution is 2.36. The van der Waals surface area contributed by atoms with Crippen LogP contribution in [0, 0.1) is 5.92 Å². The molecule has 39 heavy (non-hydrogen) atoms. The minimum Gasteiger partial charge on any atom is -0.461 e. The Kier molecular flexibility index (Phi) is 7.56. The summed E-state index contributed by atoms with van der Waals surface area (Å²) in [5, 5.41) is 7.17. The first-order chi connectivity index (χ1) is 18.7. The van der Waals surface area contributed by atoms with Gasteiger partial charge in [-0.05, 0) is 54.7 Å². The normalized spacial score (nSPS) is 14.7. The number of aromatic amines is 1. The van der Waals surface area contributed by atoms with Crippen molar-refractivity contribution in [1.29, 1.82) is 0 Å². The summed E-state index contributed by atoms with van der Waals surface area (Å²) in [6.07, 6.45) is 4.42. The van der Waals surface area contributed by atoms with E-state index in [1.807, 2.05) is 25.3 Å². The monoisotopic (exact) mass is 565 g/mol. The lowest BCUT2D eigenvalue weighted by Gasteiger charge is -2.18. The zero-order chi connectivity index (χ0) is 27.7. The maximum absolute atomic E-state index is 13.4. The molecule has 0 radical (unpaired) electrons. The largest absolute Gasteiger partial charge is 0.461 e. The summed E-state index contributed by atoms with van der Waals surface area (Å²) in [4.78, 5) is 34.2. The Hall–Kier alpha value is -3.93. The number of nitrogens with two attached hydrogens (primary N) is 2. The Balaban J connectivity index is 1.42. The number of ether oxygens (including phenoxy) is 1. The molecule has 202 valence electrons. The lowest BCUT2D eigenvalue weighted by atomic mass is 10.0. The van der Waals surface area contributed by atoms with Crippen molar-refractivity contribution < 1.29 is 9.53 Å². The number of nitrogens with one attached hydrogen (secondary N) is 1. The molecule has 1 aliphatic rings. The van der Waals surface area contributed by atoms with Crippen LogP contribution >= 0.6 is 22.9 Å². The predicted octanol–water partition coefficient (Wildman–Crippen LogP) is 4.55. The van der Waals surface area contributed by atoms with Crippen molar-refractivity contribution in [3.8, 4) is 22.4 Å². The Bertz CT molecular complexity index is 1610. The topological polar surface area (TPSA) is 145 Å². The number of hydrogen-bond donors (Lipinski definition) is 3. The van der Waals surface area contributed by atoms with Crippen LogP contribution in [-0.4, -0.2) is 33.4 Å². The molecule has 1 aliphatic heterocycles. The first kappa shape index (κ1) is 26.7. The van der Waals surface area contributed by atoms with Gasteiger partial charge in [0.15, 0.2) is 0 Å². The van der Waals surface area contributed by atoms with Crippen molar-refractivity contribution in [3.63, 3.8) is 0 Å². The average molecular weight is 566 g/mol. The molecule has 1 aromatic carbocycles. The summed E-state index contributed by atoms with van der Waals surface area (Å²) in [5.41, 5.74) is 4.33. The fraction of sp³-hybridized carbons (Fsp3) is 0.259. The van der Waals surface area contributed by atoms with Crippen molar-refractivity contribution in [2.24, 2.45) is 22.7 Å². The van der Waals surface area contributed by atoms with Gasteiger partial charge in [0.25, 0.3) is 5.56 Å². The van der Waals surface area contributed by atoms with Crippen LogP contribution in [0.25, 0.3) is 22.4 Å². The van der Waals surface area contributed by atoms with Crippen molar-refractivity contribution in [3.05, 3.63) is 79.7 Å². The Morgan fingerprint density at radius 1 is 1.33 bits per heavy atom. The number of hydrazone groups is 1. The second kappa shape index (κ2) is 11.0. The molecule has 4 aromatic rings. The van der Waals surface area contributed by atoms with Crippen molar-refractivity contribution in [2.45, 2.75) is 32.7 Å². The third-order valence-electron chi connectivity index (χ3n) is 6.44. The number of rotatable bonds is 8. The highest BCUT2D eigenvalue weighted by atomic mass is 35.5. The van der Waals surface area contributed by atoms with Gasteiger partial charge >= 0.3 is 5.97 Å². The van der Waals surface area contributed by atoms with E-state index in [1.54, 1.807) is 41.1 Å². The molecule has 1 unspecified atom stereocenters. The number of hydrazine groups is 1. The number of nitrogens with zero attached hydrogens (tertiary/aromatic N) is 4. The van der Waals surface area contributed by atoms with E-state index in [1.165, 1.54) is 22.7 Å². The van der Waals surface area contributed by atoms with E-state index in [9.17, 15) is 9.59 Å². The smallest absolute Gasteiger partial charge is 0.348 e. The number of esters is 1. The van der Waals surface area contributed by atoms with Crippen LogP contribution in [0.2, 0.25) is 5.02 Å². The van der Waals surface area contributed by atoms with Gasteiger partial charge in [-0.3, -0.25) is 9.80 Å². The molecular weight excluding hydrogens is 538 g/mol. The second-order valence-electron chi connectivity index (χ2n) is 9.71. The maximum Gasteiger partial charge on any atom is 0.348 e. The molecule has 5 rings (SSSR count). The van der Waals surface area contributed by atoms with Crippen LogP contribution in [0.3, 0.4) is 0 Å². The van der Waals surface area contributed by atoms with Crippen LogP contribution in [0.1, 0.15) is 47.5 Å². The zero-order valence-electron chi connectivity index (χ0n) is 21.4. The number of H-pyrrole nitrogens is 1. The standard InChI is InChI=1S/C27H28ClN7O3S/c1-15(2)12-38-27(37)24-8-17(13-39-24)21-11-31-26(33-21)23-6-4-19-7-16(9-25(36)35(19)23)20-10-18(28)3-5-22(20)34(30)14-32-29/h3,5,7-11,13-15,23H,4,6,12,29-30H2,1-2H3,(H,31,33)/b32-14-. The second-order valence-corrected chi connectivity index (χ2v) is 11.1. The number of hydrogen-bond acceptors (Lipinski definition) is 8. The molecule has 0 aliphatic carbocycles. The van der Waals surface area contributed by atoms with E-state index >= 15 is 0 Å². The summed E-state index contributed by atoms with van der Waals surface area (Å²) in [5.74, 6) is 12.0. The summed E-state index contributed by atoms with van der Waals surface area (Å²) >= 11 is 7.60. The molecular formula is C27H28ClN7O3S. The molecule has 3 aromatic heterocycles. The number of aryl methyl sites for hydroxylation is 1. The number of thiophene rings is 1. The first-order valence-corrected chi connectivity index (χ1v) is 13.6. The molecule has 0 bridgehead atoms. The summed E-state index contributed by atoms with van der Waals surface area (Å²) in [6, 6.07) is 10.3. The summed E-state index contributed by atoms with van der Waals surface area (Å²) in [7, 11) is 0. The van der Waals surface area contributed by atoms with Crippen LogP contribution in [-0.2, 0) is 11.2 Å². The van der Waals surface area contributed by atoms with Crippen molar-refractivity contribution in [2.75, 3.05) is 11.6 Å². The van der Waals surface area contributed by atoms with Gasteiger partial charge in [0.05, 0.1) is 30.2 Å². The number of carbonyl (C=O) groups is 1. The molecule has 0 saturated heterocycles. The number of imidazole rings is 1. The van der Waals surface area contributed by atoms with E-state index in [-0.39, 0.29) is 23.5 Å². The van der Waals surface area contributed by atoms with Crippen molar-refractivity contribution in [1.82, 2.24) is 14.5 Å². The molecule has 0 amide bonds. The van der Waals surface area contributed by atoms with Crippen molar-refractivity contribution >= 4 is 40.9 Å². The quantitative estimate of drug-likeness (QED) is 0.0934.